The van der Waals surface area contributed by atoms with Gasteiger partial charge in [0.2, 0.25) is 47.8 Å². The van der Waals surface area contributed by atoms with Crippen LogP contribution in [0.1, 0.15) is 87.0 Å². The molecule has 8 amide bonds. The molecule has 1 unspecified atom stereocenters. The monoisotopic (exact) mass is 815 g/mol. The molecule has 5 atom stereocenters. The number of nitrogens with zero attached hydrogens (tertiary/aromatic N) is 5. The molecule has 1 rings (SSSR count). The van der Waals surface area contributed by atoms with E-state index in [4.69, 9.17) is 0 Å². The van der Waals surface area contributed by atoms with Gasteiger partial charge >= 0.3 is 0 Å². The van der Waals surface area contributed by atoms with E-state index in [0.717, 1.165) is 24.2 Å². The Hall–Kier alpha value is -5.02. The van der Waals surface area contributed by atoms with Gasteiger partial charge in [-0.3, -0.25) is 38.4 Å². The number of likely N-dealkylation sites (tertiary alicyclic amines) is 1. The van der Waals surface area contributed by atoms with Gasteiger partial charge in [0, 0.05) is 53.7 Å². The maximum absolute atomic E-state index is 14.5. The minimum Gasteiger partial charge on any atom is -0.354 e. The molecule has 1 heterocycles. The first-order valence-electron chi connectivity index (χ1n) is 20.2. The highest BCUT2D eigenvalue weighted by atomic mass is 16.2. The molecule has 0 spiro atoms. The zero-order valence-electron chi connectivity index (χ0n) is 36.7. The molecular weight excluding hydrogens is 745 g/mol. The van der Waals surface area contributed by atoms with Gasteiger partial charge in [0.15, 0.2) is 0 Å². The van der Waals surface area contributed by atoms with Gasteiger partial charge in [-0.25, -0.2) is 0 Å². The van der Waals surface area contributed by atoms with Gasteiger partial charge in [-0.05, 0) is 58.3 Å². The van der Waals surface area contributed by atoms with Crippen LogP contribution in [-0.2, 0) is 38.4 Å². The number of nitrogens with one attached hydrogen (secondary N) is 3. The van der Waals surface area contributed by atoms with Crippen LogP contribution in [0.2, 0.25) is 0 Å². The van der Waals surface area contributed by atoms with Crippen molar-refractivity contribution < 1.29 is 38.4 Å². The number of carbonyl (C=O) groups is 8. The molecular formula is C42H70N8O8. The Bertz CT molecular complexity index is 1510. The summed E-state index contributed by atoms with van der Waals surface area (Å²) in [6.07, 6.45) is 7.90. The summed E-state index contributed by atoms with van der Waals surface area (Å²) < 4.78 is 0. The van der Waals surface area contributed by atoms with Crippen LogP contribution in [-0.4, -0.2) is 156 Å². The summed E-state index contributed by atoms with van der Waals surface area (Å²) in [6.45, 7) is 20.9. The van der Waals surface area contributed by atoms with Gasteiger partial charge in [0.05, 0.1) is 13.0 Å². The minimum absolute atomic E-state index is 0.00267. The molecule has 326 valence electrons. The summed E-state index contributed by atoms with van der Waals surface area (Å²) in [4.78, 5) is 114. The number of amides is 8. The van der Waals surface area contributed by atoms with Crippen molar-refractivity contribution in [2.75, 3.05) is 47.8 Å². The molecule has 16 heteroatoms. The number of rotatable bonds is 23. The third kappa shape index (κ3) is 16.1. The van der Waals surface area contributed by atoms with Crippen LogP contribution < -0.4 is 16.0 Å². The first-order chi connectivity index (χ1) is 27.1. The lowest BCUT2D eigenvalue weighted by Crippen LogP contribution is -2.61. The standard InChI is InChI=1S/C42H70N8O8/c1-14-15-19-30(8)23-34(48(12)40(56)31(9)44-38(54)33(22-27(2)3)47(11)36(53)25-46(10)26-51)42(58)49(13)37(28(4)5)39(55)45-32(24-35(52)43-29(6)7)41(57)50-20-17-16-18-21-50/h14-15,19,26-29,31-34,37H,1,8,16-18,20-25H2,2-7,9-13H3,(H,43,52)(H,44,54)(H,45,55)/b19-15-/t31-,32?,33-,34-,37-/m0/s1. The molecule has 0 aliphatic carbocycles. The zero-order valence-corrected chi connectivity index (χ0v) is 36.7. The second-order valence-electron chi connectivity index (χ2n) is 16.3. The predicted molar refractivity (Wildman–Crippen MR) is 224 cm³/mol. The van der Waals surface area contributed by atoms with Crippen molar-refractivity contribution in [1.82, 2.24) is 40.4 Å². The van der Waals surface area contributed by atoms with Crippen LogP contribution in [0.4, 0.5) is 0 Å². The predicted octanol–water partition coefficient (Wildman–Crippen LogP) is 1.86. The zero-order chi connectivity index (χ0) is 44.4. The summed E-state index contributed by atoms with van der Waals surface area (Å²) >= 11 is 0. The Balaban J connectivity index is 3.47. The third-order valence-electron chi connectivity index (χ3n) is 9.96. The van der Waals surface area contributed by atoms with Gasteiger partial charge in [-0.15, -0.1) is 0 Å². The summed E-state index contributed by atoms with van der Waals surface area (Å²) in [7, 11) is 5.78. The number of likely N-dealkylation sites (N-methyl/N-ethyl adjacent to an activating group) is 4. The van der Waals surface area contributed by atoms with Gasteiger partial charge in [-0.1, -0.05) is 64.7 Å². The van der Waals surface area contributed by atoms with E-state index in [1.807, 2.05) is 13.8 Å². The quantitative estimate of drug-likeness (QED) is 0.103. The summed E-state index contributed by atoms with van der Waals surface area (Å²) in [5, 5.41) is 8.28. The molecule has 1 fully saturated rings. The molecule has 1 aliphatic rings. The van der Waals surface area contributed by atoms with Gasteiger partial charge in [-0.2, -0.15) is 0 Å². The molecule has 0 aromatic heterocycles. The highest BCUT2D eigenvalue weighted by Gasteiger charge is 2.40. The van der Waals surface area contributed by atoms with E-state index in [1.165, 1.54) is 55.9 Å². The van der Waals surface area contributed by atoms with Gasteiger partial charge in [0.25, 0.3) is 0 Å². The SMILES string of the molecule is C=C/C=C\C(=C)C[C@@H](C(=O)N(C)[C@H](C(=O)NC(CC(=O)NC(C)C)C(=O)N1CCCCC1)C(C)C)N(C)C(=O)[C@H](C)NC(=O)[C@H](CC(C)C)N(C)C(=O)CN(C)C=O. The van der Waals surface area contributed by atoms with Crippen molar-refractivity contribution in [3.05, 3.63) is 37.0 Å². The van der Waals surface area contributed by atoms with E-state index < -0.39 is 71.6 Å². The molecule has 3 N–H and O–H groups in total. The second kappa shape index (κ2) is 24.7. The summed E-state index contributed by atoms with van der Waals surface area (Å²) in [6, 6.07) is -5.74. The minimum atomic E-state index is -1.19. The van der Waals surface area contributed by atoms with Crippen LogP contribution in [0, 0.1) is 11.8 Å². The first-order valence-corrected chi connectivity index (χ1v) is 20.2. The van der Waals surface area contributed by atoms with Crippen molar-refractivity contribution in [3.8, 4) is 0 Å². The molecule has 0 aromatic rings. The van der Waals surface area contributed by atoms with Crippen molar-refractivity contribution in [2.45, 2.75) is 123 Å². The Morgan fingerprint density at radius 1 is 0.741 bits per heavy atom. The van der Waals surface area contributed by atoms with Crippen molar-refractivity contribution in [3.63, 3.8) is 0 Å². The topological polar surface area (TPSA) is 189 Å². The molecule has 0 bridgehead atoms. The second-order valence-corrected chi connectivity index (χ2v) is 16.3. The Morgan fingerprint density at radius 3 is 1.86 bits per heavy atom. The fourth-order valence-corrected chi connectivity index (χ4v) is 6.82. The molecule has 58 heavy (non-hydrogen) atoms. The molecule has 0 aromatic carbocycles. The first kappa shape index (κ1) is 51.0. The Labute approximate surface area is 345 Å². The van der Waals surface area contributed by atoms with Gasteiger partial charge < -0.3 is 40.4 Å². The fraction of sp³-hybridized carbons (Fsp3) is 0.667. The number of allylic oxidation sites excluding steroid dienone is 3. The number of carbonyl (C=O) groups excluding carboxylic acids is 8. The molecule has 0 radical (unpaired) electrons. The maximum atomic E-state index is 14.5. The lowest BCUT2D eigenvalue weighted by atomic mass is 9.97. The largest absolute Gasteiger partial charge is 0.354 e. The van der Waals surface area contributed by atoms with Crippen LogP contribution in [0.5, 0.6) is 0 Å². The Morgan fingerprint density at radius 2 is 1.34 bits per heavy atom. The number of hydrogen-bond donors (Lipinski definition) is 3. The molecule has 1 aliphatic heterocycles. The third-order valence-corrected chi connectivity index (χ3v) is 9.96. The highest BCUT2D eigenvalue weighted by Crippen LogP contribution is 2.20. The number of piperidine rings is 1. The number of hydrogen-bond acceptors (Lipinski definition) is 8. The van der Waals surface area contributed by atoms with E-state index >= 15 is 0 Å². The van der Waals surface area contributed by atoms with Crippen LogP contribution in [0.25, 0.3) is 0 Å². The van der Waals surface area contributed by atoms with E-state index in [1.54, 1.807) is 44.7 Å². The Kier molecular flexibility index (Phi) is 21.7. The van der Waals surface area contributed by atoms with E-state index in [0.29, 0.717) is 25.1 Å². The fourth-order valence-electron chi connectivity index (χ4n) is 6.82. The highest BCUT2D eigenvalue weighted by molar-refractivity contribution is 5.97. The normalized spacial score (nSPS) is 15.4. The molecule has 16 nitrogen and oxygen atoms in total. The molecule has 1 saturated heterocycles. The van der Waals surface area contributed by atoms with Gasteiger partial charge in [0.1, 0.15) is 30.2 Å². The van der Waals surface area contributed by atoms with Crippen LogP contribution >= 0.6 is 0 Å². The average Bonchev–Trinajstić information content (AvgIpc) is 3.15. The van der Waals surface area contributed by atoms with Crippen molar-refractivity contribution in [2.24, 2.45) is 11.8 Å². The van der Waals surface area contributed by atoms with Crippen molar-refractivity contribution >= 4 is 47.8 Å². The van der Waals surface area contributed by atoms with Crippen LogP contribution in [0.15, 0.2) is 37.0 Å². The van der Waals surface area contributed by atoms with Crippen molar-refractivity contribution in [1.29, 1.82) is 0 Å². The smallest absolute Gasteiger partial charge is 0.246 e. The van der Waals surface area contributed by atoms with E-state index in [-0.39, 0.29) is 43.7 Å². The molecule has 0 saturated carbocycles. The lowest BCUT2D eigenvalue weighted by molar-refractivity contribution is -0.150. The lowest BCUT2D eigenvalue weighted by Gasteiger charge is -2.38. The van der Waals surface area contributed by atoms with E-state index in [9.17, 15) is 38.4 Å². The summed E-state index contributed by atoms with van der Waals surface area (Å²) in [5.41, 5.74) is 0.481. The maximum Gasteiger partial charge on any atom is 0.246 e. The van der Waals surface area contributed by atoms with Crippen LogP contribution in [0.3, 0.4) is 0 Å². The average molecular weight is 815 g/mol. The van der Waals surface area contributed by atoms with E-state index in [2.05, 4.69) is 29.1 Å². The summed E-state index contributed by atoms with van der Waals surface area (Å²) in [5.74, 6) is -4.13.